The van der Waals surface area contributed by atoms with E-state index in [4.69, 9.17) is 4.42 Å². The molecular formula is C30H45N3O3. The van der Waals surface area contributed by atoms with Crippen molar-refractivity contribution >= 4 is 23.2 Å². The summed E-state index contributed by atoms with van der Waals surface area (Å²) in [5.41, 5.74) is 2.26. The molecule has 0 saturated carbocycles. The number of unbranched alkanes of at least 4 members (excludes halogenated alkanes) is 7. The lowest BCUT2D eigenvalue weighted by molar-refractivity contribution is -0.116. The summed E-state index contributed by atoms with van der Waals surface area (Å²) >= 11 is 0. The number of benzene rings is 1. The molecule has 0 bridgehead atoms. The Kier molecular flexibility index (Phi) is 11.9. The Hall–Kier alpha value is -2.76. The van der Waals surface area contributed by atoms with Crippen molar-refractivity contribution in [3.63, 3.8) is 0 Å². The second-order valence-electron chi connectivity index (χ2n) is 10.0. The van der Waals surface area contributed by atoms with E-state index in [9.17, 15) is 9.59 Å². The van der Waals surface area contributed by atoms with Gasteiger partial charge >= 0.3 is 0 Å². The second kappa shape index (κ2) is 15.4. The smallest absolute Gasteiger partial charge is 0.256 e. The van der Waals surface area contributed by atoms with Crippen LogP contribution in [0.3, 0.4) is 0 Å². The van der Waals surface area contributed by atoms with Gasteiger partial charge in [-0.2, -0.15) is 0 Å². The number of furan rings is 1. The van der Waals surface area contributed by atoms with Crippen molar-refractivity contribution in [1.29, 1.82) is 0 Å². The van der Waals surface area contributed by atoms with Gasteiger partial charge in [0.1, 0.15) is 5.76 Å². The van der Waals surface area contributed by atoms with Crippen molar-refractivity contribution in [2.45, 2.75) is 97.4 Å². The number of hydrogen-bond donors (Lipinski definition) is 1. The number of nitrogens with one attached hydrogen (secondary N) is 1. The summed E-state index contributed by atoms with van der Waals surface area (Å²) in [5.74, 6) is 0.943. The Morgan fingerprint density at radius 3 is 2.36 bits per heavy atom. The average Bonchev–Trinajstić information content (AvgIpc) is 3.60. The van der Waals surface area contributed by atoms with Crippen LogP contribution in [0.15, 0.2) is 41.0 Å². The van der Waals surface area contributed by atoms with Gasteiger partial charge in [0.05, 0.1) is 24.1 Å². The van der Waals surface area contributed by atoms with Crippen LogP contribution in [-0.4, -0.2) is 36.3 Å². The molecule has 1 N–H and O–H groups in total. The number of anilines is 2. The van der Waals surface area contributed by atoms with Gasteiger partial charge in [0, 0.05) is 31.7 Å². The number of hydrogen-bond acceptors (Lipinski definition) is 4. The fourth-order valence-corrected chi connectivity index (χ4v) is 4.84. The molecule has 198 valence electrons. The molecule has 0 atom stereocenters. The fraction of sp³-hybridized carbons (Fsp3) is 0.600. The third kappa shape index (κ3) is 8.72. The SMILES string of the molecule is CCCCCCCCCC(=O)Nc1ccc(N(CCCC)Cc2ccco2)c(C(=O)N2CCCC2)c1. The van der Waals surface area contributed by atoms with Crippen molar-refractivity contribution in [3.05, 3.63) is 47.9 Å². The van der Waals surface area contributed by atoms with E-state index in [0.717, 1.165) is 69.6 Å². The van der Waals surface area contributed by atoms with Gasteiger partial charge < -0.3 is 19.5 Å². The second-order valence-corrected chi connectivity index (χ2v) is 10.0. The zero-order valence-electron chi connectivity index (χ0n) is 22.4. The first-order valence-electron chi connectivity index (χ1n) is 14.1. The standard InChI is InChI=1S/C30H45N3O3/c1-3-5-7-8-9-10-11-16-29(34)31-25-17-18-28(27(23-25)30(35)32-20-12-13-21-32)33(19-6-4-2)24-26-15-14-22-36-26/h14-15,17-18,22-23H,3-13,16,19-21,24H2,1-2H3,(H,31,34). The van der Waals surface area contributed by atoms with Gasteiger partial charge in [0.15, 0.2) is 0 Å². The first-order valence-corrected chi connectivity index (χ1v) is 14.1. The summed E-state index contributed by atoms with van der Waals surface area (Å²) < 4.78 is 5.62. The summed E-state index contributed by atoms with van der Waals surface area (Å²) in [5, 5.41) is 3.05. The third-order valence-corrected chi connectivity index (χ3v) is 6.96. The minimum Gasteiger partial charge on any atom is -0.467 e. The van der Waals surface area contributed by atoms with Gasteiger partial charge in [0.2, 0.25) is 5.91 Å². The van der Waals surface area contributed by atoms with Crippen molar-refractivity contribution in [1.82, 2.24) is 4.90 Å². The highest BCUT2D eigenvalue weighted by atomic mass is 16.3. The molecule has 36 heavy (non-hydrogen) atoms. The Bertz CT molecular complexity index is 920. The van der Waals surface area contributed by atoms with Crippen molar-refractivity contribution in [2.75, 3.05) is 29.9 Å². The largest absolute Gasteiger partial charge is 0.467 e. The predicted octanol–water partition coefficient (Wildman–Crippen LogP) is 7.40. The molecule has 2 amide bonds. The number of nitrogens with zero attached hydrogens (tertiary/aromatic N) is 2. The topological polar surface area (TPSA) is 65.8 Å². The van der Waals surface area contributed by atoms with Gasteiger partial charge in [-0.1, -0.05) is 58.8 Å². The molecule has 2 heterocycles. The van der Waals surface area contributed by atoms with E-state index < -0.39 is 0 Å². The molecule has 1 aromatic carbocycles. The first-order chi connectivity index (χ1) is 17.6. The lowest BCUT2D eigenvalue weighted by Gasteiger charge is -2.28. The van der Waals surface area contributed by atoms with Crippen LogP contribution in [0.1, 0.15) is 107 Å². The number of carbonyl (C=O) groups is 2. The van der Waals surface area contributed by atoms with Crippen LogP contribution in [0, 0.1) is 0 Å². The molecular weight excluding hydrogens is 450 g/mol. The van der Waals surface area contributed by atoms with Crippen LogP contribution in [0.5, 0.6) is 0 Å². The third-order valence-electron chi connectivity index (χ3n) is 6.96. The van der Waals surface area contributed by atoms with Crippen LogP contribution >= 0.6 is 0 Å². The summed E-state index contributed by atoms with van der Waals surface area (Å²) in [6.45, 7) is 7.42. The Labute approximate surface area is 217 Å². The molecule has 6 nitrogen and oxygen atoms in total. The van der Waals surface area contributed by atoms with Crippen molar-refractivity contribution < 1.29 is 14.0 Å². The molecule has 0 unspecified atom stereocenters. The maximum absolute atomic E-state index is 13.6. The highest BCUT2D eigenvalue weighted by Crippen LogP contribution is 2.29. The lowest BCUT2D eigenvalue weighted by Crippen LogP contribution is -2.31. The van der Waals surface area contributed by atoms with Crippen LogP contribution in [-0.2, 0) is 11.3 Å². The van der Waals surface area contributed by atoms with E-state index in [0.29, 0.717) is 24.2 Å². The van der Waals surface area contributed by atoms with E-state index >= 15 is 0 Å². The Balaban J connectivity index is 1.71. The van der Waals surface area contributed by atoms with Gasteiger partial charge in [-0.3, -0.25) is 9.59 Å². The van der Waals surface area contributed by atoms with Gasteiger partial charge in [0.25, 0.3) is 5.91 Å². The maximum atomic E-state index is 13.6. The van der Waals surface area contributed by atoms with Gasteiger partial charge in [-0.15, -0.1) is 0 Å². The molecule has 1 aliphatic rings. The Morgan fingerprint density at radius 2 is 1.67 bits per heavy atom. The number of carbonyl (C=O) groups excluding carboxylic acids is 2. The summed E-state index contributed by atoms with van der Waals surface area (Å²) in [6.07, 6.45) is 14.7. The average molecular weight is 496 g/mol. The van der Waals surface area contributed by atoms with E-state index in [-0.39, 0.29) is 11.8 Å². The fourth-order valence-electron chi connectivity index (χ4n) is 4.84. The molecule has 1 aliphatic heterocycles. The van der Waals surface area contributed by atoms with E-state index in [1.807, 2.05) is 35.2 Å². The zero-order valence-corrected chi connectivity index (χ0v) is 22.4. The molecule has 3 rings (SSSR count). The molecule has 1 aromatic heterocycles. The zero-order chi connectivity index (χ0) is 25.6. The van der Waals surface area contributed by atoms with Crippen LogP contribution in [0.25, 0.3) is 0 Å². The minimum atomic E-state index is 0.0225. The van der Waals surface area contributed by atoms with E-state index in [2.05, 4.69) is 24.1 Å². The van der Waals surface area contributed by atoms with Gasteiger partial charge in [-0.05, 0) is 56.0 Å². The van der Waals surface area contributed by atoms with Crippen LogP contribution < -0.4 is 10.2 Å². The van der Waals surface area contributed by atoms with E-state index in [1.54, 1.807) is 6.26 Å². The highest BCUT2D eigenvalue weighted by molar-refractivity contribution is 6.02. The van der Waals surface area contributed by atoms with Crippen molar-refractivity contribution in [2.24, 2.45) is 0 Å². The van der Waals surface area contributed by atoms with Gasteiger partial charge in [-0.25, -0.2) is 0 Å². The van der Waals surface area contributed by atoms with Crippen LogP contribution in [0.2, 0.25) is 0 Å². The molecule has 2 aromatic rings. The maximum Gasteiger partial charge on any atom is 0.256 e. The van der Waals surface area contributed by atoms with Crippen molar-refractivity contribution in [3.8, 4) is 0 Å². The molecule has 1 saturated heterocycles. The van der Waals surface area contributed by atoms with E-state index in [1.165, 1.54) is 32.1 Å². The predicted molar refractivity (Wildman–Crippen MR) is 147 cm³/mol. The van der Waals surface area contributed by atoms with Crippen LogP contribution in [0.4, 0.5) is 11.4 Å². The normalized spacial score (nSPS) is 13.2. The molecule has 0 radical (unpaired) electrons. The minimum absolute atomic E-state index is 0.0225. The molecule has 0 aliphatic carbocycles. The number of likely N-dealkylation sites (tertiary alicyclic amines) is 1. The first kappa shape index (κ1) is 27.8. The number of rotatable bonds is 16. The molecule has 1 fully saturated rings. The Morgan fingerprint density at radius 1 is 0.944 bits per heavy atom. The quantitative estimate of drug-likeness (QED) is 0.246. The summed E-state index contributed by atoms with van der Waals surface area (Å²) in [4.78, 5) is 30.4. The number of amides is 2. The monoisotopic (exact) mass is 495 g/mol. The highest BCUT2D eigenvalue weighted by Gasteiger charge is 2.25. The lowest BCUT2D eigenvalue weighted by atomic mass is 10.1. The molecule has 0 spiro atoms. The summed E-state index contributed by atoms with van der Waals surface area (Å²) in [6, 6.07) is 9.66. The summed E-state index contributed by atoms with van der Waals surface area (Å²) in [7, 11) is 0. The molecule has 6 heteroatoms.